The summed E-state index contributed by atoms with van der Waals surface area (Å²) in [5.41, 5.74) is 2.46. The van der Waals surface area contributed by atoms with Gasteiger partial charge in [0, 0.05) is 17.5 Å². The maximum absolute atomic E-state index is 13.2. The van der Waals surface area contributed by atoms with E-state index in [1.807, 2.05) is 29.6 Å². The predicted octanol–water partition coefficient (Wildman–Crippen LogP) is 3.87. The molecule has 0 aliphatic carbocycles. The Kier molecular flexibility index (Phi) is 6.60. The van der Waals surface area contributed by atoms with Gasteiger partial charge in [-0.3, -0.25) is 4.79 Å². The SMILES string of the molecule is COc1ccc(-c2nc(CC(=O)NCCc3cccc(F)c3)cs2)cc1OC. The lowest BCUT2D eigenvalue weighted by atomic mass is 10.1. The van der Waals surface area contributed by atoms with Gasteiger partial charge in [0.15, 0.2) is 11.5 Å². The monoisotopic (exact) mass is 400 g/mol. The number of nitrogens with one attached hydrogen (secondary N) is 1. The molecule has 1 heterocycles. The maximum atomic E-state index is 13.2. The number of halogens is 1. The smallest absolute Gasteiger partial charge is 0.226 e. The Morgan fingerprint density at radius 3 is 2.71 bits per heavy atom. The van der Waals surface area contributed by atoms with E-state index in [-0.39, 0.29) is 18.1 Å². The summed E-state index contributed by atoms with van der Waals surface area (Å²) in [6.07, 6.45) is 0.782. The molecule has 28 heavy (non-hydrogen) atoms. The molecule has 0 bridgehead atoms. The van der Waals surface area contributed by atoms with Crippen LogP contribution < -0.4 is 14.8 Å². The zero-order valence-corrected chi connectivity index (χ0v) is 16.5. The quantitative estimate of drug-likeness (QED) is 0.624. The summed E-state index contributed by atoms with van der Waals surface area (Å²) in [5.74, 6) is 0.905. The molecular formula is C21H21FN2O3S. The average Bonchev–Trinajstić information content (AvgIpc) is 3.16. The molecule has 2 aromatic carbocycles. The van der Waals surface area contributed by atoms with Crippen molar-refractivity contribution in [1.82, 2.24) is 10.3 Å². The van der Waals surface area contributed by atoms with Crippen LogP contribution in [-0.4, -0.2) is 31.7 Å². The first-order valence-corrected chi connectivity index (χ1v) is 9.65. The van der Waals surface area contributed by atoms with Crippen LogP contribution in [0, 0.1) is 5.82 Å². The Balaban J connectivity index is 1.56. The number of amides is 1. The summed E-state index contributed by atoms with van der Waals surface area (Å²) >= 11 is 1.47. The van der Waals surface area contributed by atoms with Gasteiger partial charge in [0.05, 0.1) is 26.3 Å². The zero-order valence-electron chi connectivity index (χ0n) is 15.7. The number of benzene rings is 2. The predicted molar refractivity (Wildman–Crippen MR) is 107 cm³/mol. The van der Waals surface area contributed by atoms with Crippen LogP contribution in [0.15, 0.2) is 47.8 Å². The van der Waals surface area contributed by atoms with Gasteiger partial charge in [0.2, 0.25) is 5.91 Å². The summed E-state index contributed by atoms with van der Waals surface area (Å²) in [6, 6.07) is 12.0. The normalized spacial score (nSPS) is 10.5. The van der Waals surface area contributed by atoms with Crippen molar-refractivity contribution >= 4 is 17.2 Å². The fraction of sp³-hybridized carbons (Fsp3) is 0.238. The first-order valence-electron chi connectivity index (χ1n) is 8.77. The first kappa shape index (κ1) is 19.8. The highest BCUT2D eigenvalue weighted by atomic mass is 32.1. The highest BCUT2D eigenvalue weighted by Crippen LogP contribution is 2.33. The van der Waals surface area contributed by atoms with Crippen LogP contribution in [0.4, 0.5) is 4.39 Å². The van der Waals surface area contributed by atoms with Gasteiger partial charge < -0.3 is 14.8 Å². The molecule has 0 unspecified atom stereocenters. The zero-order chi connectivity index (χ0) is 19.9. The van der Waals surface area contributed by atoms with Gasteiger partial charge >= 0.3 is 0 Å². The molecule has 0 fully saturated rings. The van der Waals surface area contributed by atoms with Gasteiger partial charge in [-0.2, -0.15) is 0 Å². The molecule has 0 aliphatic heterocycles. The second-order valence-corrected chi connectivity index (χ2v) is 6.98. The highest BCUT2D eigenvalue weighted by Gasteiger charge is 2.11. The fourth-order valence-corrected chi connectivity index (χ4v) is 3.57. The molecule has 0 saturated carbocycles. The minimum atomic E-state index is -0.269. The average molecular weight is 400 g/mol. The molecular weight excluding hydrogens is 379 g/mol. The van der Waals surface area contributed by atoms with E-state index in [0.717, 1.165) is 16.1 Å². The number of hydrogen-bond donors (Lipinski definition) is 1. The lowest BCUT2D eigenvalue weighted by Gasteiger charge is -2.08. The van der Waals surface area contributed by atoms with E-state index < -0.39 is 0 Å². The van der Waals surface area contributed by atoms with Crippen LogP contribution >= 0.6 is 11.3 Å². The number of rotatable bonds is 8. The number of nitrogens with zero attached hydrogens (tertiary/aromatic N) is 1. The molecule has 3 aromatic rings. The van der Waals surface area contributed by atoms with Crippen LogP contribution in [-0.2, 0) is 17.6 Å². The second-order valence-electron chi connectivity index (χ2n) is 6.12. The molecule has 0 radical (unpaired) electrons. The van der Waals surface area contributed by atoms with Crippen molar-refractivity contribution in [1.29, 1.82) is 0 Å². The molecule has 0 spiro atoms. The van der Waals surface area contributed by atoms with Crippen molar-refractivity contribution in [3.05, 3.63) is 64.9 Å². The van der Waals surface area contributed by atoms with Crippen molar-refractivity contribution in [2.75, 3.05) is 20.8 Å². The van der Waals surface area contributed by atoms with Crippen LogP contribution in [0.3, 0.4) is 0 Å². The largest absolute Gasteiger partial charge is 0.493 e. The molecule has 1 amide bonds. The topological polar surface area (TPSA) is 60.5 Å². The standard InChI is InChI=1S/C21H21FN2O3S/c1-26-18-7-6-15(11-19(18)27-2)21-24-17(13-28-21)12-20(25)23-9-8-14-4-3-5-16(22)10-14/h3-7,10-11,13H,8-9,12H2,1-2H3,(H,23,25). The number of hydrogen-bond acceptors (Lipinski definition) is 5. The Labute approximate surface area is 167 Å². The van der Waals surface area contributed by atoms with Crippen molar-refractivity contribution in [2.45, 2.75) is 12.8 Å². The highest BCUT2D eigenvalue weighted by molar-refractivity contribution is 7.13. The Bertz CT molecular complexity index is 958. The van der Waals surface area contributed by atoms with Crippen molar-refractivity contribution in [3.8, 4) is 22.1 Å². The molecule has 5 nitrogen and oxygen atoms in total. The van der Waals surface area contributed by atoms with Gasteiger partial charge in [-0.25, -0.2) is 9.37 Å². The van der Waals surface area contributed by atoms with E-state index in [9.17, 15) is 9.18 Å². The third-order valence-electron chi connectivity index (χ3n) is 4.15. The summed E-state index contributed by atoms with van der Waals surface area (Å²) in [7, 11) is 3.18. The third-order valence-corrected chi connectivity index (χ3v) is 5.09. The number of carbonyl (C=O) groups is 1. The molecule has 1 N–H and O–H groups in total. The number of methoxy groups -OCH3 is 2. The molecule has 0 aliphatic rings. The number of ether oxygens (including phenoxy) is 2. The first-order chi connectivity index (χ1) is 13.6. The van der Waals surface area contributed by atoms with Crippen molar-refractivity contribution < 1.29 is 18.7 Å². The van der Waals surface area contributed by atoms with Crippen molar-refractivity contribution in [3.63, 3.8) is 0 Å². The van der Waals surface area contributed by atoms with Crippen LogP contribution in [0.1, 0.15) is 11.3 Å². The number of thiazole rings is 1. The summed E-state index contributed by atoms with van der Waals surface area (Å²) in [4.78, 5) is 16.7. The minimum Gasteiger partial charge on any atom is -0.493 e. The van der Waals surface area contributed by atoms with Crippen LogP contribution in [0.5, 0.6) is 11.5 Å². The molecule has 7 heteroatoms. The number of aromatic nitrogens is 1. The molecule has 3 rings (SSSR count). The van der Waals surface area contributed by atoms with E-state index >= 15 is 0 Å². The lowest BCUT2D eigenvalue weighted by Crippen LogP contribution is -2.27. The van der Waals surface area contributed by atoms with Gasteiger partial charge in [0.1, 0.15) is 10.8 Å². The maximum Gasteiger partial charge on any atom is 0.226 e. The van der Waals surface area contributed by atoms with E-state index in [1.165, 1.54) is 23.5 Å². The summed E-state index contributed by atoms with van der Waals surface area (Å²) < 4.78 is 23.7. The van der Waals surface area contributed by atoms with Crippen molar-refractivity contribution in [2.24, 2.45) is 0 Å². The summed E-state index contributed by atoms with van der Waals surface area (Å²) in [5, 5.41) is 5.53. The van der Waals surface area contributed by atoms with Gasteiger partial charge in [0.25, 0.3) is 0 Å². The van der Waals surface area contributed by atoms with Crippen LogP contribution in [0.25, 0.3) is 10.6 Å². The Hall–Kier alpha value is -2.93. The number of carbonyl (C=O) groups excluding carboxylic acids is 1. The van der Waals surface area contributed by atoms with E-state index in [2.05, 4.69) is 10.3 Å². The lowest BCUT2D eigenvalue weighted by molar-refractivity contribution is -0.120. The third kappa shape index (κ3) is 5.07. The van der Waals surface area contributed by atoms with E-state index in [1.54, 1.807) is 20.3 Å². The molecule has 0 atom stereocenters. The van der Waals surface area contributed by atoms with E-state index in [0.29, 0.717) is 30.2 Å². The van der Waals surface area contributed by atoms with Gasteiger partial charge in [-0.05, 0) is 42.3 Å². The Morgan fingerprint density at radius 2 is 1.96 bits per heavy atom. The van der Waals surface area contributed by atoms with Gasteiger partial charge in [-0.15, -0.1) is 11.3 Å². The molecule has 146 valence electrons. The molecule has 0 saturated heterocycles. The Morgan fingerprint density at radius 1 is 1.14 bits per heavy atom. The molecule has 1 aromatic heterocycles. The summed E-state index contributed by atoms with van der Waals surface area (Å²) in [6.45, 7) is 0.453. The van der Waals surface area contributed by atoms with E-state index in [4.69, 9.17) is 9.47 Å². The second kappa shape index (κ2) is 9.32. The minimum absolute atomic E-state index is 0.111. The fourth-order valence-electron chi connectivity index (χ4n) is 2.76. The van der Waals surface area contributed by atoms with Gasteiger partial charge in [-0.1, -0.05) is 12.1 Å². The van der Waals surface area contributed by atoms with Crippen LogP contribution in [0.2, 0.25) is 0 Å².